The zero-order chi connectivity index (χ0) is 43.7. The van der Waals surface area contributed by atoms with Gasteiger partial charge in [0.25, 0.3) is 0 Å². The van der Waals surface area contributed by atoms with Crippen molar-refractivity contribution >= 4 is 39.0 Å². The lowest BCUT2D eigenvalue weighted by Crippen LogP contribution is -2.34. The highest BCUT2D eigenvalue weighted by atomic mass is 16.3. The fraction of sp³-hybridized carbons (Fsp3) is 0.143. The first kappa shape index (κ1) is 38.1. The fourth-order valence-electron chi connectivity index (χ4n) is 12.3. The Labute approximate surface area is 381 Å². The van der Waals surface area contributed by atoms with Crippen molar-refractivity contribution in [1.82, 2.24) is 0 Å². The third-order valence-electron chi connectivity index (χ3n) is 15.3. The maximum atomic E-state index is 6.68. The van der Waals surface area contributed by atoms with Gasteiger partial charge < -0.3 is 9.32 Å². The number of furan rings is 1. The number of para-hydroxylation sites is 1. The van der Waals surface area contributed by atoms with E-state index in [2.05, 4.69) is 233 Å². The average Bonchev–Trinajstić information content (AvgIpc) is 3.98. The lowest BCUT2D eigenvalue weighted by molar-refractivity contribution is 0.333. The number of rotatable bonds is 5. The molecule has 2 heteroatoms. The summed E-state index contributed by atoms with van der Waals surface area (Å²) >= 11 is 0. The Balaban J connectivity index is 1.19. The molecule has 1 aromatic heterocycles. The molecule has 1 heterocycles. The molecule has 0 bridgehead atoms. The van der Waals surface area contributed by atoms with Gasteiger partial charge in [-0.25, -0.2) is 0 Å². The van der Waals surface area contributed by atoms with Gasteiger partial charge in [0.05, 0.1) is 22.2 Å². The molecule has 312 valence electrons. The summed E-state index contributed by atoms with van der Waals surface area (Å²) in [5.41, 5.74) is 22.9. The van der Waals surface area contributed by atoms with E-state index >= 15 is 0 Å². The van der Waals surface area contributed by atoms with Crippen molar-refractivity contribution in [1.29, 1.82) is 0 Å². The normalized spacial score (nSPS) is 15.6. The highest BCUT2D eigenvalue weighted by molar-refractivity contribution is 6.14. The van der Waals surface area contributed by atoms with Crippen LogP contribution in [0.25, 0.3) is 66.4 Å². The molecule has 10 aromatic rings. The van der Waals surface area contributed by atoms with Crippen molar-refractivity contribution in [2.24, 2.45) is 0 Å². The first-order valence-electron chi connectivity index (χ1n) is 23.2. The van der Waals surface area contributed by atoms with Gasteiger partial charge in [-0.3, -0.25) is 0 Å². The maximum Gasteiger partial charge on any atom is 0.137 e. The van der Waals surface area contributed by atoms with Gasteiger partial charge in [0.2, 0.25) is 0 Å². The van der Waals surface area contributed by atoms with E-state index in [0.717, 1.165) is 51.8 Å². The SMILES string of the molecule is CC1(C)CCC(C)(C)c2c(-c3cc4c(cc3N(c3ccc(-c5ccccc5)cc3)c3cccc5oc6ccccc6c35)C3(c5ccccc5-c5ccccc53)c3ccccc3-4)cccc21. The summed E-state index contributed by atoms with van der Waals surface area (Å²) in [6, 6.07) is 74.8. The zero-order valence-electron chi connectivity index (χ0n) is 37.3. The second-order valence-corrected chi connectivity index (χ2v) is 19.8. The van der Waals surface area contributed by atoms with Crippen molar-refractivity contribution in [2.75, 3.05) is 4.90 Å². The van der Waals surface area contributed by atoms with Crippen LogP contribution in [0.15, 0.2) is 205 Å². The van der Waals surface area contributed by atoms with E-state index in [1.54, 1.807) is 0 Å². The van der Waals surface area contributed by atoms with Crippen LogP contribution in [0.3, 0.4) is 0 Å². The molecule has 65 heavy (non-hydrogen) atoms. The van der Waals surface area contributed by atoms with Gasteiger partial charge in [-0.1, -0.05) is 185 Å². The van der Waals surface area contributed by atoms with E-state index in [1.165, 1.54) is 77.9 Å². The van der Waals surface area contributed by atoms with Crippen molar-refractivity contribution in [3.63, 3.8) is 0 Å². The molecule has 2 nitrogen and oxygen atoms in total. The van der Waals surface area contributed by atoms with Gasteiger partial charge in [0, 0.05) is 16.6 Å². The van der Waals surface area contributed by atoms with Crippen molar-refractivity contribution < 1.29 is 4.42 Å². The molecule has 0 radical (unpaired) electrons. The highest BCUT2D eigenvalue weighted by Crippen LogP contribution is 2.65. The quantitative estimate of drug-likeness (QED) is 0.172. The first-order valence-corrected chi connectivity index (χ1v) is 23.2. The molecular weight excluding hydrogens is 787 g/mol. The third kappa shape index (κ3) is 5.34. The van der Waals surface area contributed by atoms with Gasteiger partial charge in [-0.2, -0.15) is 0 Å². The van der Waals surface area contributed by atoms with Crippen LogP contribution in [0.1, 0.15) is 73.9 Å². The molecule has 0 atom stereocenters. The van der Waals surface area contributed by atoms with Crippen molar-refractivity contribution in [3.05, 3.63) is 234 Å². The predicted octanol–water partition coefficient (Wildman–Crippen LogP) is 17.1. The monoisotopic (exact) mass is 835 g/mol. The predicted molar refractivity (Wildman–Crippen MR) is 271 cm³/mol. The van der Waals surface area contributed by atoms with E-state index in [-0.39, 0.29) is 10.8 Å². The first-order chi connectivity index (χ1) is 31.7. The minimum atomic E-state index is -0.513. The summed E-state index contributed by atoms with van der Waals surface area (Å²) in [5, 5.41) is 2.21. The summed E-state index contributed by atoms with van der Waals surface area (Å²) in [5.74, 6) is 0. The highest BCUT2D eigenvalue weighted by Gasteiger charge is 2.52. The van der Waals surface area contributed by atoms with Gasteiger partial charge in [0.15, 0.2) is 0 Å². The molecule has 0 saturated heterocycles. The zero-order valence-corrected chi connectivity index (χ0v) is 37.3. The third-order valence-corrected chi connectivity index (χ3v) is 15.3. The molecule has 0 aliphatic heterocycles. The summed E-state index contributed by atoms with van der Waals surface area (Å²) in [6.45, 7) is 9.81. The summed E-state index contributed by atoms with van der Waals surface area (Å²) < 4.78 is 6.68. The molecule has 3 aliphatic rings. The smallest absolute Gasteiger partial charge is 0.137 e. The van der Waals surface area contributed by atoms with E-state index < -0.39 is 5.41 Å². The molecule has 0 fully saturated rings. The van der Waals surface area contributed by atoms with Crippen LogP contribution >= 0.6 is 0 Å². The van der Waals surface area contributed by atoms with Gasteiger partial charge in [0.1, 0.15) is 11.2 Å². The van der Waals surface area contributed by atoms with E-state index in [1.807, 2.05) is 0 Å². The molecular formula is C63H49NO. The molecule has 13 rings (SSSR count). The average molecular weight is 836 g/mol. The van der Waals surface area contributed by atoms with Crippen LogP contribution in [0, 0.1) is 0 Å². The Morgan fingerprint density at radius 2 is 0.923 bits per heavy atom. The Morgan fingerprint density at radius 3 is 1.63 bits per heavy atom. The van der Waals surface area contributed by atoms with Crippen LogP contribution in [0.5, 0.6) is 0 Å². The maximum absolute atomic E-state index is 6.68. The van der Waals surface area contributed by atoms with Crippen LogP contribution in [0.4, 0.5) is 17.1 Å². The lowest BCUT2D eigenvalue weighted by Gasteiger charge is -2.43. The van der Waals surface area contributed by atoms with Crippen molar-refractivity contribution in [3.8, 4) is 44.5 Å². The topological polar surface area (TPSA) is 16.4 Å². The molecule has 3 aliphatic carbocycles. The molecule has 0 unspecified atom stereocenters. The Morgan fingerprint density at radius 1 is 0.385 bits per heavy atom. The second-order valence-electron chi connectivity index (χ2n) is 19.8. The number of fused-ring (bicyclic) bond motifs is 14. The van der Waals surface area contributed by atoms with Crippen LogP contribution < -0.4 is 4.90 Å². The number of hydrogen-bond acceptors (Lipinski definition) is 2. The summed E-state index contributed by atoms with van der Waals surface area (Å²) in [4.78, 5) is 2.55. The fourth-order valence-corrected chi connectivity index (χ4v) is 12.3. The standard InChI is InChI=1S/C63H49NO/c1-61(2)36-37-62(3,4)60-46(24-16-28-53(60)61)49-38-48-45-22-10-14-27-52(45)63(50-25-12-8-20-43(50)44-21-9-13-26-51(44)63)54(48)39-56(49)64(42-34-32-41(33-35-42)40-18-6-5-7-19-40)55-29-17-31-58-59(55)47-23-11-15-30-57(47)65-58/h5-35,38-39H,36-37H2,1-4H3. The number of hydrogen-bond donors (Lipinski definition) is 0. The number of nitrogens with zero attached hydrogens (tertiary/aromatic N) is 1. The molecule has 1 spiro atoms. The minimum absolute atomic E-state index is 0.0386. The largest absolute Gasteiger partial charge is 0.456 e. The Kier molecular flexibility index (Phi) is 8.08. The number of anilines is 3. The van der Waals surface area contributed by atoms with E-state index in [4.69, 9.17) is 4.42 Å². The van der Waals surface area contributed by atoms with Crippen LogP contribution in [0.2, 0.25) is 0 Å². The summed E-state index contributed by atoms with van der Waals surface area (Å²) in [7, 11) is 0. The van der Waals surface area contributed by atoms with Gasteiger partial charge in [-0.05, 0) is 138 Å². The molecule has 0 saturated carbocycles. The van der Waals surface area contributed by atoms with Crippen molar-refractivity contribution in [2.45, 2.75) is 56.8 Å². The molecule has 0 amide bonds. The van der Waals surface area contributed by atoms with Crippen LogP contribution in [-0.2, 0) is 16.2 Å². The summed E-state index contributed by atoms with van der Waals surface area (Å²) in [6.07, 6.45) is 2.27. The van der Waals surface area contributed by atoms with Gasteiger partial charge in [-0.15, -0.1) is 0 Å². The Hall–Kier alpha value is -7.42. The second kappa shape index (κ2) is 13.8. The van der Waals surface area contributed by atoms with Crippen LogP contribution in [-0.4, -0.2) is 0 Å². The number of benzene rings is 9. The Bertz CT molecular complexity index is 3500. The molecule has 9 aromatic carbocycles. The lowest BCUT2D eigenvalue weighted by atomic mass is 9.61. The molecule has 0 N–H and O–H groups in total. The van der Waals surface area contributed by atoms with Gasteiger partial charge >= 0.3 is 0 Å². The van der Waals surface area contributed by atoms with E-state index in [9.17, 15) is 0 Å². The minimum Gasteiger partial charge on any atom is -0.456 e. The van der Waals surface area contributed by atoms with E-state index in [0.29, 0.717) is 0 Å².